The van der Waals surface area contributed by atoms with Crippen LogP contribution in [-0.4, -0.2) is 81.7 Å². The molecule has 0 aromatic heterocycles. The highest BCUT2D eigenvalue weighted by Crippen LogP contribution is 2.40. The summed E-state index contributed by atoms with van der Waals surface area (Å²) in [5.41, 5.74) is 8.52. The molecule has 2 fully saturated rings. The number of rotatable bonds is 2. The third-order valence-electron chi connectivity index (χ3n) is 7.11. The number of hydrogen-bond donors (Lipinski definition) is 1. The summed E-state index contributed by atoms with van der Waals surface area (Å²) in [6.07, 6.45) is 1.92. The monoisotopic (exact) mass is 499 g/mol. The Hall–Kier alpha value is -3.05. The van der Waals surface area contributed by atoms with E-state index in [1.54, 1.807) is 0 Å². The summed E-state index contributed by atoms with van der Waals surface area (Å²) in [7, 11) is 2.79. The lowest BCUT2D eigenvalue weighted by molar-refractivity contribution is -0.114. The van der Waals surface area contributed by atoms with Crippen LogP contribution in [0.3, 0.4) is 0 Å². The van der Waals surface area contributed by atoms with Crippen molar-refractivity contribution in [1.29, 1.82) is 0 Å². The molecule has 2 aromatic rings. The van der Waals surface area contributed by atoms with Crippen molar-refractivity contribution < 1.29 is 4.79 Å². The molecule has 188 valence electrons. The molecule has 2 aromatic carbocycles. The molecule has 0 spiro atoms. The molecule has 5 rings (SSSR count). The van der Waals surface area contributed by atoms with E-state index in [0.717, 1.165) is 49.5 Å². The average Bonchev–Trinajstić information content (AvgIpc) is 3.07. The van der Waals surface area contributed by atoms with Crippen LogP contribution in [0.5, 0.6) is 0 Å². The van der Waals surface area contributed by atoms with Crippen LogP contribution in [-0.2, 0) is 4.79 Å². The molecule has 2 atom stereocenters. The first-order chi connectivity index (χ1) is 17.2. The average molecular weight is 500 g/mol. The molecule has 6 nitrogen and oxygen atoms in total. The fraction of sp³-hybridized carbons (Fsp3) is 0.414. The maximum atomic E-state index is 13.8. The predicted molar refractivity (Wildman–Crippen MR) is 149 cm³/mol. The van der Waals surface area contributed by atoms with Gasteiger partial charge in [-0.05, 0) is 43.4 Å². The van der Waals surface area contributed by atoms with E-state index in [4.69, 9.17) is 0 Å². The maximum Gasteiger partial charge on any atom is 0.277 e. The minimum atomic E-state index is -1.51. The molecule has 7 heteroatoms. The largest absolute Gasteiger partial charge is 0.373 e. The Morgan fingerprint density at radius 3 is 2.42 bits per heavy atom. The highest BCUT2D eigenvalue weighted by atomic mass is 28.3. The fourth-order valence-corrected chi connectivity index (χ4v) is 5.74. The van der Waals surface area contributed by atoms with Gasteiger partial charge >= 0.3 is 0 Å². The lowest BCUT2D eigenvalue weighted by atomic mass is 9.94. The third-order valence-corrected chi connectivity index (χ3v) is 7.99. The van der Waals surface area contributed by atoms with Gasteiger partial charge in [0.15, 0.2) is 0 Å². The Kier molecular flexibility index (Phi) is 6.69. The molecule has 3 aliphatic rings. The molecule has 1 N–H and O–H groups in total. The van der Waals surface area contributed by atoms with Gasteiger partial charge in [0.25, 0.3) is 5.91 Å². The van der Waals surface area contributed by atoms with Crippen molar-refractivity contribution in [3.63, 3.8) is 0 Å². The number of nitrogens with one attached hydrogen (secondary N) is 1. The van der Waals surface area contributed by atoms with Gasteiger partial charge in [-0.2, -0.15) is 0 Å². The van der Waals surface area contributed by atoms with Gasteiger partial charge in [-0.1, -0.05) is 55.9 Å². The normalized spacial score (nSPS) is 24.0. The standard InChI is InChI=1S/C29H37N5OSi/c1-31-14-16-33(17-15-31)20-25-29(35)34-26-12-11-22(13-18-36(3,4)5)19-24(26)28(23-9-7-6-8-10-23)32(2)21-27(34)30-25/h6-12,19-20,27-28,30H,14-17,21H2,1-5H3/b25-20-. The van der Waals surface area contributed by atoms with Gasteiger partial charge in [0.1, 0.15) is 19.9 Å². The van der Waals surface area contributed by atoms with E-state index in [1.807, 2.05) is 11.1 Å². The lowest BCUT2D eigenvalue weighted by Gasteiger charge is -2.31. The van der Waals surface area contributed by atoms with E-state index < -0.39 is 8.07 Å². The summed E-state index contributed by atoms with van der Waals surface area (Å²) in [5.74, 6) is 3.48. The highest BCUT2D eigenvalue weighted by Gasteiger charge is 2.42. The summed E-state index contributed by atoms with van der Waals surface area (Å²) >= 11 is 0. The molecule has 1 amide bonds. The molecule has 0 radical (unpaired) electrons. The number of likely N-dealkylation sites (N-methyl/N-ethyl adjacent to an activating group) is 2. The van der Waals surface area contributed by atoms with Gasteiger partial charge in [0.2, 0.25) is 0 Å². The first kappa shape index (κ1) is 24.6. The number of nitrogens with zero attached hydrogens (tertiary/aromatic N) is 4. The molecule has 0 aliphatic carbocycles. The van der Waals surface area contributed by atoms with Crippen LogP contribution >= 0.6 is 0 Å². The minimum absolute atomic E-state index is 0.0418. The highest BCUT2D eigenvalue weighted by molar-refractivity contribution is 6.83. The van der Waals surface area contributed by atoms with E-state index in [-0.39, 0.29) is 18.1 Å². The van der Waals surface area contributed by atoms with Crippen LogP contribution in [0, 0.1) is 11.5 Å². The number of benzene rings is 2. The number of anilines is 1. The second-order valence-electron chi connectivity index (χ2n) is 11.2. The predicted octanol–water partition coefficient (Wildman–Crippen LogP) is 3.30. The van der Waals surface area contributed by atoms with Crippen molar-refractivity contribution >= 4 is 19.7 Å². The van der Waals surface area contributed by atoms with Crippen molar-refractivity contribution in [1.82, 2.24) is 20.0 Å². The molecular weight excluding hydrogens is 462 g/mol. The van der Waals surface area contributed by atoms with E-state index in [0.29, 0.717) is 5.70 Å². The number of amides is 1. The van der Waals surface area contributed by atoms with Crippen LogP contribution in [0.1, 0.15) is 22.7 Å². The van der Waals surface area contributed by atoms with Crippen LogP contribution in [0.25, 0.3) is 0 Å². The zero-order valence-corrected chi connectivity index (χ0v) is 23.1. The maximum absolute atomic E-state index is 13.8. The van der Waals surface area contributed by atoms with Gasteiger partial charge < -0.3 is 15.1 Å². The fourth-order valence-electron chi connectivity index (χ4n) is 5.22. The third kappa shape index (κ3) is 5.08. The molecule has 2 saturated heterocycles. The molecule has 0 saturated carbocycles. The molecule has 2 unspecified atom stereocenters. The van der Waals surface area contributed by atoms with Crippen LogP contribution < -0.4 is 10.2 Å². The number of piperazine rings is 1. The summed E-state index contributed by atoms with van der Waals surface area (Å²) < 4.78 is 0. The van der Waals surface area contributed by atoms with Crippen molar-refractivity contribution in [2.45, 2.75) is 31.8 Å². The van der Waals surface area contributed by atoms with Crippen molar-refractivity contribution in [2.75, 3.05) is 51.7 Å². The molecule has 0 bridgehead atoms. The Morgan fingerprint density at radius 1 is 1.00 bits per heavy atom. The Morgan fingerprint density at radius 2 is 1.72 bits per heavy atom. The summed E-state index contributed by atoms with van der Waals surface area (Å²) in [6.45, 7) is 11.4. The number of carbonyl (C=O) groups is 1. The van der Waals surface area contributed by atoms with E-state index in [2.05, 4.69) is 114 Å². The Bertz CT molecular complexity index is 1220. The molecule has 3 heterocycles. The van der Waals surface area contributed by atoms with Gasteiger partial charge in [0.05, 0.1) is 11.7 Å². The molecule has 3 aliphatic heterocycles. The number of hydrogen-bond acceptors (Lipinski definition) is 5. The van der Waals surface area contributed by atoms with Gasteiger partial charge in [-0.3, -0.25) is 14.6 Å². The topological polar surface area (TPSA) is 42.1 Å². The van der Waals surface area contributed by atoms with Gasteiger partial charge in [0, 0.05) is 44.5 Å². The van der Waals surface area contributed by atoms with Crippen molar-refractivity contribution in [3.8, 4) is 11.5 Å². The van der Waals surface area contributed by atoms with Crippen molar-refractivity contribution in [3.05, 3.63) is 77.1 Å². The van der Waals surface area contributed by atoms with Crippen LogP contribution in [0.15, 0.2) is 60.4 Å². The Labute approximate surface area is 216 Å². The Balaban J connectivity index is 1.56. The van der Waals surface area contributed by atoms with Gasteiger partial charge in [-0.15, -0.1) is 5.54 Å². The molecule has 36 heavy (non-hydrogen) atoms. The first-order valence-electron chi connectivity index (χ1n) is 12.9. The molecular formula is C29H37N5OSi. The second kappa shape index (κ2) is 9.77. The zero-order chi connectivity index (χ0) is 25.4. The quantitative estimate of drug-likeness (QED) is 0.390. The summed E-state index contributed by atoms with van der Waals surface area (Å²) in [5, 5.41) is 3.56. The summed E-state index contributed by atoms with van der Waals surface area (Å²) in [6, 6.07) is 17.0. The van der Waals surface area contributed by atoms with Gasteiger partial charge in [-0.25, -0.2) is 0 Å². The number of carbonyl (C=O) groups excluding carboxylic acids is 1. The zero-order valence-electron chi connectivity index (χ0n) is 22.1. The van der Waals surface area contributed by atoms with E-state index >= 15 is 0 Å². The van der Waals surface area contributed by atoms with E-state index in [1.165, 1.54) is 5.56 Å². The van der Waals surface area contributed by atoms with Crippen molar-refractivity contribution in [2.24, 2.45) is 0 Å². The second-order valence-corrected chi connectivity index (χ2v) is 16.0. The number of fused-ring (bicyclic) bond motifs is 3. The van der Waals surface area contributed by atoms with Crippen LogP contribution in [0.2, 0.25) is 19.6 Å². The SMILES string of the molecule is CN1CCN(/C=C2\NC3CN(C)C(c4ccccc4)c4cc(C#C[Si](C)(C)C)ccc4N3C2=O)CC1. The van der Waals surface area contributed by atoms with E-state index in [9.17, 15) is 4.79 Å². The minimum Gasteiger partial charge on any atom is -0.373 e. The van der Waals surface area contributed by atoms with Crippen LogP contribution in [0.4, 0.5) is 5.69 Å². The lowest BCUT2D eigenvalue weighted by Crippen LogP contribution is -2.44. The first-order valence-corrected chi connectivity index (χ1v) is 16.4. The summed E-state index contributed by atoms with van der Waals surface area (Å²) in [4.78, 5) is 22.7. The smallest absolute Gasteiger partial charge is 0.277 e.